The Labute approximate surface area is 123 Å². The van der Waals surface area contributed by atoms with E-state index in [0.29, 0.717) is 5.02 Å². The molecule has 1 aliphatic carbocycles. The standard InChI is InChI=1S/C17H14ClNO/c18-13-8-4-5-9-14(13)19-15-10-11-16(20)17(15)12-6-2-1-3-7-12/h1-11,15,17,19H/t15-,17?/m1/s1. The zero-order chi connectivity index (χ0) is 13.9. The van der Waals surface area contributed by atoms with E-state index < -0.39 is 0 Å². The molecule has 2 aromatic carbocycles. The Bertz CT molecular complexity index is 651. The lowest BCUT2D eigenvalue weighted by Crippen LogP contribution is -2.26. The predicted octanol–water partition coefficient (Wildman–Crippen LogP) is 4.04. The third-order valence-corrected chi connectivity index (χ3v) is 3.82. The summed E-state index contributed by atoms with van der Waals surface area (Å²) in [5.41, 5.74) is 1.87. The van der Waals surface area contributed by atoms with Crippen molar-refractivity contribution in [3.8, 4) is 0 Å². The van der Waals surface area contributed by atoms with Crippen molar-refractivity contribution in [1.29, 1.82) is 0 Å². The van der Waals surface area contributed by atoms with Crippen LogP contribution in [-0.4, -0.2) is 11.8 Å². The van der Waals surface area contributed by atoms with Crippen molar-refractivity contribution in [2.75, 3.05) is 5.32 Å². The van der Waals surface area contributed by atoms with Crippen LogP contribution in [0.3, 0.4) is 0 Å². The average Bonchev–Trinajstić information content (AvgIpc) is 2.83. The number of anilines is 1. The molecule has 0 saturated heterocycles. The Morgan fingerprint density at radius 2 is 1.65 bits per heavy atom. The number of hydrogen-bond donors (Lipinski definition) is 1. The Kier molecular flexibility index (Phi) is 3.57. The first-order valence-electron chi connectivity index (χ1n) is 6.54. The molecule has 0 radical (unpaired) electrons. The molecule has 2 atom stereocenters. The summed E-state index contributed by atoms with van der Waals surface area (Å²) in [7, 11) is 0. The molecule has 0 saturated carbocycles. The molecule has 2 nitrogen and oxygen atoms in total. The van der Waals surface area contributed by atoms with E-state index in [1.807, 2.05) is 60.7 Å². The fraction of sp³-hybridized carbons (Fsp3) is 0.118. The van der Waals surface area contributed by atoms with Gasteiger partial charge >= 0.3 is 0 Å². The normalized spacial score (nSPS) is 21.1. The minimum absolute atomic E-state index is 0.0650. The molecule has 2 aromatic rings. The molecule has 3 rings (SSSR count). The number of rotatable bonds is 3. The second-order valence-corrected chi connectivity index (χ2v) is 5.21. The van der Waals surface area contributed by atoms with Gasteiger partial charge in [0.2, 0.25) is 0 Å². The quantitative estimate of drug-likeness (QED) is 0.921. The maximum atomic E-state index is 12.1. The second-order valence-electron chi connectivity index (χ2n) is 4.80. The van der Waals surface area contributed by atoms with Crippen molar-refractivity contribution in [2.24, 2.45) is 0 Å². The minimum Gasteiger partial charge on any atom is -0.377 e. The summed E-state index contributed by atoms with van der Waals surface area (Å²) in [6.07, 6.45) is 3.55. The molecule has 0 heterocycles. The zero-order valence-electron chi connectivity index (χ0n) is 10.8. The monoisotopic (exact) mass is 283 g/mol. The summed E-state index contributed by atoms with van der Waals surface area (Å²) in [6.45, 7) is 0. The van der Waals surface area contributed by atoms with E-state index in [1.165, 1.54) is 0 Å². The summed E-state index contributed by atoms with van der Waals surface area (Å²) in [5, 5.41) is 4.01. The lowest BCUT2D eigenvalue weighted by molar-refractivity contribution is -0.115. The van der Waals surface area contributed by atoms with Crippen LogP contribution >= 0.6 is 11.6 Å². The number of hydrogen-bond acceptors (Lipinski definition) is 2. The van der Waals surface area contributed by atoms with Gasteiger partial charge in [0.05, 0.1) is 22.7 Å². The molecular weight excluding hydrogens is 270 g/mol. The van der Waals surface area contributed by atoms with Crippen LogP contribution in [0.1, 0.15) is 11.5 Å². The molecule has 100 valence electrons. The summed E-state index contributed by atoms with van der Waals surface area (Å²) in [4.78, 5) is 12.1. The van der Waals surface area contributed by atoms with E-state index >= 15 is 0 Å². The minimum atomic E-state index is -0.188. The van der Waals surface area contributed by atoms with Crippen molar-refractivity contribution in [3.05, 3.63) is 77.3 Å². The van der Waals surface area contributed by atoms with Gasteiger partial charge in [0.15, 0.2) is 5.78 Å². The van der Waals surface area contributed by atoms with Crippen LogP contribution in [0.25, 0.3) is 0 Å². The van der Waals surface area contributed by atoms with Crippen molar-refractivity contribution in [1.82, 2.24) is 0 Å². The van der Waals surface area contributed by atoms with Crippen LogP contribution in [0.2, 0.25) is 5.02 Å². The van der Waals surface area contributed by atoms with E-state index in [0.717, 1.165) is 11.3 Å². The number of halogens is 1. The van der Waals surface area contributed by atoms with Gasteiger partial charge in [0, 0.05) is 0 Å². The van der Waals surface area contributed by atoms with E-state index in [1.54, 1.807) is 6.08 Å². The van der Waals surface area contributed by atoms with Gasteiger partial charge in [-0.3, -0.25) is 4.79 Å². The van der Waals surface area contributed by atoms with E-state index in [2.05, 4.69) is 5.32 Å². The average molecular weight is 284 g/mol. The van der Waals surface area contributed by atoms with Gasteiger partial charge in [-0.25, -0.2) is 0 Å². The van der Waals surface area contributed by atoms with Crippen LogP contribution in [0.5, 0.6) is 0 Å². The molecule has 0 fully saturated rings. The molecular formula is C17H14ClNO. The van der Waals surface area contributed by atoms with E-state index in [-0.39, 0.29) is 17.7 Å². The van der Waals surface area contributed by atoms with Crippen molar-refractivity contribution in [3.63, 3.8) is 0 Å². The van der Waals surface area contributed by atoms with Gasteiger partial charge in [-0.05, 0) is 23.8 Å². The highest BCUT2D eigenvalue weighted by molar-refractivity contribution is 6.33. The number of ketones is 1. The molecule has 0 aliphatic heterocycles. The number of nitrogens with one attached hydrogen (secondary N) is 1. The van der Waals surface area contributed by atoms with Crippen LogP contribution in [0, 0.1) is 0 Å². The summed E-state index contributed by atoms with van der Waals surface area (Å²) < 4.78 is 0. The molecule has 3 heteroatoms. The van der Waals surface area contributed by atoms with Crippen molar-refractivity contribution < 1.29 is 4.79 Å². The second kappa shape index (κ2) is 5.51. The molecule has 0 aromatic heterocycles. The first kappa shape index (κ1) is 12.9. The first-order valence-corrected chi connectivity index (χ1v) is 6.91. The Balaban J connectivity index is 1.87. The SMILES string of the molecule is O=C1C=C[C@@H](Nc2ccccc2Cl)C1c1ccccc1. The van der Waals surface area contributed by atoms with Crippen LogP contribution in [0.15, 0.2) is 66.7 Å². The Morgan fingerprint density at radius 3 is 2.40 bits per heavy atom. The molecule has 1 N–H and O–H groups in total. The first-order chi connectivity index (χ1) is 9.75. The lowest BCUT2D eigenvalue weighted by atomic mass is 9.92. The molecule has 0 amide bonds. The third-order valence-electron chi connectivity index (χ3n) is 3.49. The van der Waals surface area contributed by atoms with Gasteiger partial charge in [-0.1, -0.05) is 60.1 Å². The predicted molar refractivity (Wildman–Crippen MR) is 82.2 cm³/mol. The van der Waals surface area contributed by atoms with E-state index in [4.69, 9.17) is 11.6 Å². The van der Waals surface area contributed by atoms with Crippen LogP contribution in [-0.2, 0) is 4.79 Å². The lowest BCUT2D eigenvalue weighted by Gasteiger charge is -2.21. The van der Waals surface area contributed by atoms with Crippen molar-refractivity contribution >= 4 is 23.1 Å². The third kappa shape index (κ3) is 2.47. The zero-order valence-corrected chi connectivity index (χ0v) is 11.5. The molecule has 0 bridgehead atoms. The highest BCUT2D eigenvalue weighted by atomic mass is 35.5. The van der Waals surface area contributed by atoms with Crippen LogP contribution < -0.4 is 5.32 Å². The molecule has 20 heavy (non-hydrogen) atoms. The fourth-order valence-electron chi connectivity index (χ4n) is 2.51. The maximum absolute atomic E-state index is 12.1. The number of benzene rings is 2. The smallest absolute Gasteiger partial charge is 0.165 e. The van der Waals surface area contributed by atoms with Gasteiger partial charge < -0.3 is 5.32 Å². The topological polar surface area (TPSA) is 29.1 Å². The highest BCUT2D eigenvalue weighted by Crippen LogP contribution is 2.31. The van der Waals surface area contributed by atoms with E-state index in [9.17, 15) is 4.79 Å². The number of carbonyl (C=O) groups excluding carboxylic acids is 1. The number of para-hydroxylation sites is 1. The molecule has 0 spiro atoms. The van der Waals surface area contributed by atoms with Gasteiger partial charge in [0.25, 0.3) is 0 Å². The Morgan fingerprint density at radius 1 is 0.950 bits per heavy atom. The Hall–Kier alpha value is -2.06. The van der Waals surface area contributed by atoms with Gasteiger partial charge in [-0.2, -0.15) is 0 Å². The summed E-state index contributed by atoms with van der Waals surface area (Å²) >= 11 is 6.16. The number of carbonyl (C=O) groups is 1. The summed E-state index contributed by atoms with van der Waals surface area (Å²) in [6, 6.07) is 17.3. The molecule has 1 unspecified atom stereocenters. The van der Waals surface area contributed by atoms with Crippen molar-refractivity contribution in [2.45, 2.75) is 12.0 Å². The molecule has 1 aliphatic rings. The summed E-state index contributed by atoms with van der Waals surface area (Å²) in [5.74, 6) is -0.0618. The highest BCUT2D eigenvalue weighted by Gasteiger charge is 2.31. The number of allylic oxidation sites excluding steroid dienone is 1. The van der Waals surface area contributed by atoms with Crippen LogP contribution in [0.4, 0.5) is 5.69 Å². The van der Waals surface area contributed by atoms with Gasteiger partial charge in [-0.15, -0.1) is 0 Å². The largest absolute Gasteiger partial charge is 0.377 e. The fourth-order valence-corrected chi connectivity index (χ4v) is 2.70. The maximum Gasteiger partial charge on any atom is 0.165 e. The van der Waals surface area contributed by atoms with Gasteiger partial charge in [0.1, 0.15) is 0 Å².